The average Bonchev–Trinajstić information content (AvgIpc) is 3.11. The molecule has 236 valence electrons. The van der Waals surface area contributed by atoms with Crippen molar-refractivity contribution in [2.45, 2.75) is 39.3 Å². The zero-order valence-electron chi connectivity index (χ0n) is 28.4. The van der Waals surface area contributed by atoms with Gasteiger partial charge in [0.1, 0.15) is 16.1 Å². The summed E-state index contributed by atoms with van der Waals surface area (Å²) in [6, 6.07) is 40.7. The second kappa shape index (κ2) is 12.5. The van der Waals surface area contributed by atoms with E-state index in [-0.39, 0.29) is 0 Å². The number of nitrogens with zero attached hydrogens (tertiary/aromatic N) is 5. The molecule has 0 unspecified atom stereocenters. The molecule has 0 aliphatic rings. The van der Waals surface area contributed by atoms with Gasteiger partial charge in [0, 0.05) is 39.7 Å². The number of fused-ring (bicyclic) bond motifs is 1. The molecular formula is C41H39N5Si2. The standard InChI is InChI=1S/C41H39N5Si2/c1-47(2,3)37-22-20-33(26-42-37)40-44-39(45-41(46-40)34-21-23-38(43-27-34)48(4,5)6)32-17-10-15-30(25-32)29-14-9-16-31(24-29)36-19-11-13-28-12-7-8-18-35(28)36/h7-27H,1-6H3. The Morgan fingerprint density at radius 3 is 1.40 bits per heavy atom. The molecule has 0 bridgehead atoms. The Labute approximate surface area is 284 Å². The fourth-order valence-electron chi connectivity index (χ4n) is 5.88. The van der Waals surface area contributed by atoms with E-state index in [4.69, 9.17) is 24.9 Å². The van der Waals surface area contributed by atoms with Crippen LogP contribution in [0.1, 0.15) is 0 Å². The predicted molar refractivity (Wildman–Crippen MR) is 206 cm³/mol. The van der Waals surface area contributed by atoms with Crippen LogP contribution in [0.4, 0.5) is 0 Å². The van der Waals surface area contributed by atoms with Crippen molar-refractivity contribution in [3.8, 4) is 56.4 Å². The van der Waals surface area contributed by atoms with Gasteiger partial charge in [-0.15, -0.1) is 0 Å². The molecule has 7 rings (SSSR count). The van der Waals surface area contributed by atoms with Crippen LogP contribution in [0.3, 0.4) is 0 Å². The summed E-state index contributed by atoms with van der Waals surface area (Å²) in [5.41, 5.74) is 7.30. The van der Waals surface area contributed by atoms with Gasteiger partial charge in [-0.05, 0) is 69.4 Å². The van der Waals surface area contributed by atoms with Gasteiger partial charge < -0.3 is 0 Å². The van der Waals surface area contributed by atoms with Crippen molar-refractivity contribution in [1.29, 1.82) is 0 Å². The molecule has 0 N–H and O–H groups in total. The third kappa shape index (κ3) is 6.52. The molecule has 0 atom stereocenters. The molecule has 0 aliphatic heterocycles. The average molecular weight is 658 g/mol. The van der Waals surface area contributed by atoms with E-state index in [2.05, 4.69) is 155 Å². The lowest BCUT2D eigenvalue weighted by atomic mass is 9.95. The Kier molecular flexibility index (Phi) is 8.19. The number of aromatic nitrogens is 5. The Hall–Kier alpha value is -5.12. The van der Waals surface area contributed by atoms with Gasteiger partial charge in [0.2, 0.25) is 0 Å². The minimum Gasteiger partial charge on any atom is -0.265 e. The Balaban J connectivity index is 1.31. The highest BCUT2D eigenvalue weighted by Gasteiger charge is 2.21. The van der Waals surface area contributed by atoms with Gasteiger partial charge in [-0.3, -0.25) is 9.97 Å². The van der Waals surface area contributed by atoms with Gasteiger partial charge in [-0.25, -0.2) is 15.0 Å². The highest BCUT2D eigenvalue weighted by molar-refractivity contribution is 6.88. The van der Waals surface area contributed by atoms with Crippen molar-refractivity contribution in [2.24, 2.45) is 0 Å². The molecule has 0 fully saturated rings. The summed E-state index contributed by atoms with van der Waals surface area (Å²) >= 11 is 0. The van der Waals surface area contributed by atoms with Gasteiger partial charge in [0.05, 0.1) is 0 Å². The normalized spacial score (nSPS) is 12.0. The van der Waals surface area contributed by atoms with Crippen LogP contribution < -0.4 is 10.6 Å². The molecule has 0 amide bonds. The summed E-state index contributed by atoms with van der Waals surface area (Å²) in [4.78, 5) is 24.6. The third-order valence-electron chi connectivity index (χ3n) is 8.63. The smallest absolute Gasteiger partial charge is 0.165 e. The molecule has 0 aliphatic carbocycles. The number of rotatable bonds is 7. The van der Waals surface area contributed by atoms with Crippen LogP contribution in [0.2, 0.25) is 39.3 Å². The molecular weight excluding hydrogens is 619 g/mol. The molecule has 0 spiro atoms. The largest absolute Gasteiger partial charge is 0.265 e. The highest BCUT2D eigenvalue weighted by Crippen LogP contribution is 2.33. The van der Waals surface area contributed by atoms with E-state index in [1.54, 1.807) is 0 Å². The zero-order chi connectivity index (χ0) is 33.5. The number of pyridine rings is 2. The minimum absolute atomic E-state index is 0.599. The highest BCUT2D eigenvalue weighted by atomic mass is 28.3. The molecule has 4 aromatic carbocycles. The summed E-state index contributed by atoms with van der Waals surface area (Å²) in [6.07, 6.45) is 3.80. The number of benzene rings is 4. The van der Waals surface area contributed by atoms with Crippen molar-refractivity contribution in [2.75, 3.05) is 0 Å². The first kappa shape index (κ1) is 31.5. The van der Waals surface area contributed by atoms with Crippen molar-refractivity contribution in [3.05, 3.63) is 128 Å². The van der Waals surface area contributed by atoms with E-state index in [0.29, 0.717) is 17.5 Å². The van der Waals surface area contributed by atoms with Crippen molar-refractivity contribution >= 4 is 37.6 Å². The summed E-state index contributed by atoms with van der Waals surface area (Å²) in [5.74, 6) is 1.81. The van der Waals surface area contributed by atoms with Crippen LogP contribution in [0.5, 0.6) is 0 Å². The fourth-order valence-corrected chi connectivity index (χ4v) is 7.95. The lowest BCUT2D eigenvalue weighted by molar-refractivity contribution is 1.07. The summed E-state index contributed by atoms with van der Waals surface area (Å²) < 4.78 is 0. The van der Waals surface area contributed by atoms with Crippen LogP contribution in [0.15, 0.2) is 128 Å². The topological polar surface area (TPSA) is 64.5 Å². The SMILES string of the molecule is C[Si](C)(C)c1ccc(-c2nc(-c3ccc([Si](C)(C)C)nc3)nc(-c3cccc(-c4cccc(-c5cccc6ccccc56)c4)c3)n2)cn1. The van der Waals surface area contributed by atoms with Gasteiger partial charge in [0.15, 0.2) is 17.5 Å². The van der Waals surface area contributed by atoms with Crippen LogP contribution in [-0.4, -0.2) is 41.1 Å². The van der Waals surface area contributed by atoms with Gasteiger partial charge in [-0.1, -0.05) is 118 Å². The van der Waals surface area contributed by atoms with Crippen molar-refractivity contribution < 1.29 is 0 Å². The maximum Gasteiger partial charge on any atom is 0.165 e. The van der Waals surface area contributed by atoms with E-state index < -0.39 is 16.1 Å². The molecule has 3 heterocycles. The summed E-state index contributed by atoms with van der Waals surface area (Å²) in [7, 11) is -3.11. The maximum atomic E-state index is 5.02. The van der Waals surface area contributed by atoms with Crippen LogP contribution in [-0.2, 0) is 0 Å². The minimum atomic E-state index is -1.55. The Bertz CT molecular complexity index is 2170. The maximum absolute atomic E-state index is 5.02. The molecule has 5 nitrogen and oxygen atoms in total. The Morgan fingerprint density at radius 1 is 0.396 bits per heavy atom. The molecule has 7 aromatic rings. The number of hydrogen-bond donors (Lipinski definition) is 0. The quantitative estimate of drug-likeness (QED) is 0.160. The Morgan fingerprint density at radius 2 is 0.854 bits per heavy atom. The van der Waals surface area contributed by atoms with E-state index in [1.807, 2.05) is 12.4 Å². The number of hydrogen-bond acceptors (Lipinski definition) is 5. The summed E-state index contributed by atoms with van der Waals surface area (Å²) in [6.45, 7) is 13.8. The molecule has 48 heavy (non-hydrogen) atoms. The van der Waals surface area contributed by atoms with Crippen LogP contribution in [0, 0.1) is 0 Å². The van der Waals surface area contributed by atoms with Gasteiger partial charge in [0.25, 0.3) is 0 Å². The van der Waals surface area contributed by atoms with Crippen molar-refractivity contribution in [3.63, 3.8) is 0 Å². The van der Waals surface area contributed by atoms with Gasteiger partial charge >= 0.3 is 0 Å². The lowest BCUT2D eigenvalue weighted by Gasteiger charge is -2.16. The second-order valence-electron chi connectivity index (χ2n) is 14.4. The molecule has 0 saturated heterocycles. The lowest BCUT2D eigenvalue weighted by Crippen LogP contribution is -2.39. The van der Waals surface area contributed by atoms with E-state index in [1.165, 1.54) is 21.9 Å². The summed E-state index contributed by atoms with van der Waals surface area (Å²) in [5, 5.41) is 4.80. The van der Waals surface area contributed by atoms with Crippen molar-refractivity contribution in [1.82, 2.24) is 24.9 Å². The monoisotopic (exact) mass is 657 g/mol. The van der Waals surface area contributed by atoms with E-state index in [9.17, 15) is 0 Å². The third-order valence-corrected chi connectivity index (χ3v) is 12.3. The fraction of sp³-hybridized carbons (Fsp3) is 0.146. The first-order valence-electron chi connectivity index (χ1n) is 16.4. The van der Waals surface area contributed by atoms with E-state index in [0.717, 1.165) is 38.5 Å². The molecule has 3 aromatic heterocycles. The first-order valence-corrected chi connectivity index (χ1v) is 23.4. The van der Waals surface area contributed by atoms with Gasteiger partial charge in [-0.2, -0.15) is 0 Å². The second-order valence-corrected chi connectivity index (χ2v) is 24.4. The van der Waals surface area contributed by atoms with E-state index >= 15 is 0 Å². The molecule has 0 saturated carbocycles. The zero-order valence-corrected chi connectivity index (χ0v) is 30.4. The van der Waals surface area contributed by atoms with Crippen LogP contribution >= 0.6 is 0 Å². The molecule has 0 radical (unpaired) electrons. The first-order chi connectivity index (χ1) is 23.0. The molecule has 7 heteroatoms. The predicted octanol–water partition coefficient (Wildman–Crippen LogP) is 9.24. The van der Waals surface area contributed by atoms with Crippen LogP contribution in [0.25, 0.3) is 67.2 Å².